The van der Waals surface area contributed by atoms with Crippen LogP contribution in [0.2, 0.25) is 0 Å². The Hall–Kier alpha value is -2.24. The highest BCUT2D eigenvalue weighted by Gasteiger charge is 2.19. The topological polar surface area (TPSA) is 93.1 Å². The Bertz CT molecular complexity index is 396. The molecule has 1 aromatic carbocycles. The average molecular weight is 226 g/mol. The maximum absolute atomic E-state index is 10.8. The van der Waals surface area contributed by atoms with Crippen LogP contribution in [0.4, 0.5) is 0 Å². The van der Waals surface area contributed by atoms with Gasteiger partial charge in [0.1, 0.15) is 0 Å². The molecule has 0 unspecified atom stereocenters. The van der Waals surface area contributed by atoms with Crippen LogP contribution in [0, 0.1) is 0 Å². The van der Waals surface area contributed by atoms with E-state index in [1.165, 1.54) is 0 Å². The third-order valence-electron chi connectivity index (χ3n) is 1.56. The molecular formula is C10H10O6. The molecule has 0 radical (unpaired) electrons. The summed E-state index contributed by atoms with van der Waals surface area (Å²) in [4.78, 5) is 21.5. The van der Waals surface area contributed by atoms with E-state index in [9.17, 15) is 19.8 Å². The maximum atomic E-state index is 10.8. The van der Waals surface area contributed by atoms with E-state index in [0.29, 0.717) is 0 Å². The Labute approximate surface area is 91.0 Å². The van der Waals surface area contributed by atoms with Crippen molar-refractivity contribution in [3.05, 3.63) is 12.1 Å². The van der Waals surface area contributed by atoms with Crippen LogP contribution in [0.3, 0.4) is 0 Å². The molecule has 6 heteroatoms. The molecular weight excluding hydrogens is 216 g/mol. The largest absolute Gasteiger partial charge is 0.504 e. The van der Waals surface area contributed by atoms with Crippen molar-refractivity contribution in [3.63, 3.8) is 0 Å². The number of hydrogen-bond donors (Lipinski definition) is 2. The van der Waals surface area contributed by atoms with Crippen LogP contribution in [0.5, 0.6) is 23.0 Å². The fraction of sp³-hybridized carbons (Fsp3) is 0.200. The molecule has 0 bridgehead atoms. The first-order chi connectivity index (χ1) is 7.41. The van der Waals surface area contributed by atoms with Gasteiger partial charge >= 0.3 is 11.9 Å². The normalized spacial score (nSPS) is 9.62. The molecule has 0 saturated carbocycles. The molecule has 0 fully saturated rings. The van der Waals surface area contributed by atoms with Crippen LogP contribution in [0.1, 0.15) is 13.8 Å². The molecule has 0 heterocycles. The van der Waals surface area contributed by atoms with Gasteiger partial charge in [-0.05, 0) is 12.1 Å². The molecule has 0 aromatic heterocycles. The van der Waals surface area contributed by atoms with Crippen molar-refractivity contribution in [1.29, 1.82) is 0 Å². The lowest BCUT2D eigenvalue weighted by atomic mass is 10.2. The lowest BCUT2D eigenvalue weighted by Crippen LogP contribution is -2.07. The number of carbonyl (C=O) groups is 2. The minimum atomic E-state index is -0.714. The number of aromatic hydroxyl groups is 2. The molecule has 0 aliphatic rings. The van der Waals surface area contributed by atoms with Crippen LogP contribution >= 0.6 is 0 Å². The molecule has 0 aliphatic heterocycles. The number of phenols is 2. The molecule has 0 amide bonds. The first-order valence-electron chi connectivity index (χ1n) is 4.33. The predicted octanol–water partition coefficient (Wildman–Crippen LogP) is 0.948. The lowest BCUT2D eigenvalue weighted by molar-refractivity contribution is -0.134. The van der Waals surface area contributed by atoms with E-state index in [-0.39, 0.29) is 11.5 Å². The second kappa shape index (κ2) is 4.52. The minimum Gasteiger partial charge on any atom is -0.504 e. The van der Waals surface area contributed by atoms with Gasteiger partial charge in [0.2, 0.25) is 11.5 Å². The highest BCUT2D eigenvalue weighted by molar-refractivity contribution is 5.76. The molecule has 16 heavy (non-hydrogen) atoms. The molecule has 0 spiro atoms. The zero-order valence-corrected chi connectivity index (χ0v) is 8.68. The van der Waals surface area contributed by atoms with E-state index < -0.39 is 23.4 Å². The number of ether oxygens (including phenoxy) is 2. The van der Waals surface area contributed by atoms with Crippen molar-refractivity contribution in [2.45, 2.75) is 13.8 Å². The molecule has 2 N–H and O–H groups in total. The zero-order valence-electron chi connectivity index (χ0n) is 8.68. The Kier molecular flexibility index (Phi) is 3.34. The van der Waals surface area contributed by atoms with Crippen molar-refractivity contribution in [1.82, 2.24) is 0 Å². The van der Waals surface area contributed by atoms with E-state index in [1.807, 2.05) is 0 Å². The van der Waals surface area contributed by atoms with Gasteiger partial charge in [0.15, 0.2) is 11.5 Å². The van der Waals surface area contributed by atoms with Gasteiger partial charge in [0, 0.05) is 13.8 Å². The molecule has 1 rings (SSSR count). The fourth-order valence-electron chi connectivity index (χ4n) is 1.03. The van der Waals surface area contributed by atoms with Gasteiger partial charge in [-0.25, -0.2) is 0 Å². The summed E-state index contributed by atoms with van der Waals surface area (Å²) in [6.07, 6.45) is 0. The Morgan fingerprint density at radius 2 is 1.25 bits per heavy atom. The number of rotatable bonds is 2. The number of benzene rings is 1. The Morgan fingerprint density at radius 3 is 1.50 bits per heavy atom. The van der Waals surface area contributed by atoms with Crippen molar-refractivity contribution < 1.29 is 29.3 Å². The van der Waals surface area contributed by atoms with Gasteiger partial charge in [-0.2, -0.15) is 0 Å². The summed E-state index contributed by atoms with van der Waals surface area (Å²) in [6.45, 7) is 2.22. The SMILES string of the molecule is CC(=O)Oc1c(O)ccc(O)c1OC(C)=O. The monoisotopic (exact) mass is 226 g/mol. The average Bonchev–Trinajstić information content (AvgIpc) is 2.16. The summed E-state index contributed by atoms with van der Waals surface area (Å²) in [5.41, 5.74) is 0. The molecule has 0 aliphatic carbocycles. The summed E-state index contributed by atoms with van der Waals surface area (Å²) in [6, 6.07) is 2.22. The molecule has 0 atom stereocenters. The third kappa shape index (κ3) is 2.63. The smallest absolute Gasteiger partial charge is 0.308 e. The van der Waals surface area contributed by atoms with Crippen LogP contribution < -0.4 is 9.47 Å². The van der Waals surface area contributed by atoms with Gasteiger partial charge in [0.05, 0.1) is 0 Å². The maximum Gasteiger partial charge on any atom is 0.308 e. The van der Waals surface area contributed by atoms with Crippen LogP contribution in [-0.2, 0) is 9.59 Å². The van der Waals surface area contributed by atoms with Crippen molar-refractivity contribution >= 4 is 11.9 Å². The highest BCUT2D eigenvalue weighted by atomic mass is 16.6. The van der Waals surface area contributed by atoms with Crippen LogP contribution in [-0.4, -0.2) is 22.2 Å². The van der Waals surface area contributed by atoms with Gasteiger partial charge in [-0.1, -0.05) is 0 Å². The van der Waals surface area contributed by atoms with E-state index in [2.05, 4.69) is 9.47 Å². The van der Waals surface area contributed by atoms with Crippen LogP contribution in [0.15, 0.2) is 12.1 Å². The van der Waals surface area contributed by atoms with Gasteiger partial charge in [-0.15, -0.1) is 0 Å². The number of carbonyl (C=O) groups excluding carboxylic acids is 2. The second-order valence-electron chi connectivity index (χ2n) is 2.95. The van der Waals surface area contributed by atoms with E-state index in [1.54, 1.807) is 0 Å². The Balaban J connectivity index is 3.24. The van der Waals surface area contributed by atoms with Crippen molar-refractivity contribution in [2.75, 3.05) is 0 Å². The summed E-state index contributed by atoms with van der Waals surface area (Å²) < 4.78 is 9.26. The standard InChI is InChI=1S/C10H10O6/c1-5(11)15-9-7(13)3-4-8(14)10(9)16-6(2)12/h3-4,13-14H,1-2H3. The fourth-order valence-corrected chi connectivity index (χ4v) is 1.03. The van der Waals surface area contributed by atoms with Crippen molar-refractivity contribution in [3.8, 4) is 23.0 Å². The Morgan fingerprint density at radius 1 is 0.938 bits per heavy atom. The highest BCUT2D eigenvalue weighted by Crippen LogP contribution is 2.43. The summed E-state index contributed by atoms with van der Waals surface area (Å²) >= 11 is 0. The number of hydrogen-bond acceptors (Lipinski definition) is 6. The number of esters is 2. The summed E-state index contributed by atoms with van der Waals surface area (Å²) in [7, 11) is 0. The molecule has 86 valence electrons. The summed E-state index contributed by atoms with van der Waals surface area (Å²) in [5.74, 6) is -3.03. The van der Waals surface area contributed by atoms with Gasteiger partial charge in [-0.3, -0.25) is 9.59 Å². The first-order valence-corrected chi connectivity index (χ1v) is 4.33. The third-order valence-corrected chi connectivity index (χ3v) is 1.56. The first kappa shape index (κ1) is 11.8. The van der Waals surface area contributed by atoms with Gasteiger partial charge < -0.3 is 19.7 Å². The molecule has 0 saturated heterocycles. The quantitative estimate of drug-likeness (QED) is 0.443. The van der Waals surface area contributed by atoms with E-state index >= 15 is 0 Å². The minimum absolute atomic E-state index is 0.386. The molecule has 1 aromatic rings. The van der Waals surface area contributed by atoms with Crippen LogP contribution in [0.25, 0.3) is 0 Å². The lowest BCUT2D eigenvalue weighted by Gasteiger charge is -2.11. The zero-order chi connectivity index (χ0) is 12.3. The second-order valence-corrected chi connectivity index (χ2v) is 2.95. The van der Waals surface area contributed by atoms with E-state index in [4.69, 9.17) is 0 Å². The summed E-state index contributed by atoms with van der Waals surface area (Å²) in [5, 5.41) is 18.8. The molecule has 6 nitrogen and oxygen atoms in total. The van der Waals surface area contributed by atoms with Crippen molar-refractivity contribution in [2.24, 2.45) is 0 Å². The van der Waals surface area contributed by atoms with E-state index in [0.717, 1.165) is 26.0 Å². The van der Waals surface area contributed by atoms with Gasteiger partial charge in [0.25, 0.3) is 0 Å². The number of phenolic OH excluding ortho intramolecular Hbond substituents is 2. The predicted molar refractivity (Wildman–Crippen MR) is 52.4 cm³/mol.